The van der Waals surface area contributed by atoms with E-state index in [9.17, 15) is 9.32 Å². The van der Waals surface area contributed by atoms with Crippen molar-refractivity contribution in [2.24, 2.45) is 22.7 Å². The predicted molar refractivity (Wildman–Crippen MR) is 123 cm³/mol. The van der Waals surface area contributed by atoms with Crippen molar-refractivity contribution in [1.29, 1.82) is 0 Å². The number of hydrogen-bond acceptors (Lipinski definition) is 2. The lowest BCUT2D eigenvalue weighted by Gasteiger charge is -2.55. The van der Waals surface area contributed by atoms with Gasteiger partial charge in [0.25, 0.3) is 0 Å². The van der Waals surface area contributed by atoms with Crippen LogP contribution in [-0.4, -0.2) is 14.2 Å². The Morgan fingerprint density at radius 2 is 1.83 bits per heavy atom. The molecule has 30 heavy (non-hydrogen) atoms. The fraction of sp³-hybridized carbons (Fsp3) is 0.630. The summed E-state index contributed by atoms with van der Waals surface area (Å²) in [5.41, 5.74) is 5.57. The minimum atomic E-state index is -1.37. The Balaban J connectivity index is 1.44. The molecule has 2 nitrogen and oxygen atoms in total. The molecule has 0 spiro atoms. The molecule has 1 aromatic carbocycles. The highest BCUT2D eigenvalue weighted by atomic mass is 32.2. The summed E-state index contributed by atoms with van der Waals surface area (Å²) >= 11 is 0. The first-order chi connectivity index (χ1) is 14.3. The number of benzene rings is 1. The van der Waals surface area contributed by atoms with E-state index in [0.717, 1.165) is 30.1 Å². The molecule has 0 amide bonds. The lowest BCUT2D eigenvalue weighted by atomic mass is 9.52. The van der Waals surface area contributed by atoms with Crippen LogP contribution < -0.4 is 0 Å². The Morgan fingerprint density at radius 1 is 1.07 bits per heavy atom. The van der Waals surface area contributed by atoms with Crippen LogP contribution in [0.25, 0.3) is 0 Å². The third-order valence-corrected chi connectivity index (χ3v) is 11.2. The number of rotatable bonds is 3. The Hall–Kier alpha value is -1.19. The van der Waals surface area contributed by atoms with E-state index in [-0.39, 0.29) is 5.41 Å². The van der Waals surface area contributed by atoms with Crippen molar-refractivity contribution in [1.82, 2.24) is 0 Å². The molecule has 0 aromatic heterocycles. The van der Waals surface area contributed by atoms with Crippen LogP contribution in [0.2, 0.25) is 0 Å². The minimum Gasteiger partial charge on any atom is -0.376 e. The maximum Gasteiger partial charge on any atom is 0.144 e. The van der Waals surface area contributed by atoms with E-state index < -0.39 is 15.7 Å². The van der Waals surface area contributed by atoms with Crippen LogP contribution in [0.5, 0.6) is 0 Å². The van der Waals surface area contributed by atoms with Gasteiger partial charge >= 0.3 is 0 Å². The maximum atomic E-state index is 13.3. The van der Waals surface area contributed by atoms with E-state index in [2.05, 4.69) is 26.8 Å². The van der Waals surface area contributed by atoms with Gasteiger partial charge in [0.05, 0.1) is 10.8 Å². The summed E-state index contributed by atoms with van der Waals surface area (Å²) in [7, 11) is -1.37. The van der Waals surface area contributed by atoms with Crippen LogP contribution in [0.4, 0.5) is 0 Å². The quantitative estimate of drug-likeness (QED) is 0.598. The second kappa shape index (κ2) is 7.17. The van der Waals surface area contributed by atoms with E-state index in [1.54, 1.807) is 16.7 Å². The van der Waals surface area contributed by atoms with E-state index in [4.69, 9.17) is 0 Å². The molecule has 3 unspecified atom stereocenters. The van der Waals surface area contributed by atoms with Crippen LogP contribution in [0.1, 0.15) is 78.6 Å². The Labute approximate surface area is 184 Å². The summed E-state index contributed by atoms with van der Waals surface area (Å²) in [5.74, 6) is 1.23. The Morgan fingerprint density at radius 3 is 2.57 bits per heavy atom. The van der Waals surface area contributed by atoms with Crippen molar-refractivity contribution in [2.45, 2.75) is 88.4 Å². The average molecular weight is 425 g/mol. The van der Waals surface area contributed by atoms with Crippen LogP contribution in [0.3, 0.4) is 0 Å². The first kappa shape index (κ1) is 20.7. The van der Waals surface area contributed by atoms with Gasteiger partial charge in [-0.15, -0.1) is 0 Å². The fourth-order valence-electron chi connectivity index (χ4n) is 7.45. The van der Waals surface area contributed by atoms with Crippen LogP contribution in [-0.2, 0) is 10.8 Å². The second-order valence-electron chi connectivity index (χ2n) is 10.7. The summed E-state index contributed by atoms with van der Waals surface area (Å²) in [6, 6.07) is 9.55. The predicted octanol–water partition coefficient (Wildman–Crippen LogP) is 6.54. The normalized spacial score (nSPS) is 41.5. The third-order valence-electron chi connectivity index (χ3n) is 9.44. The van der Waals surface area contributed by atoms with Crippen LogP contribution >= 0.6 is 0 Å². The number of fused-ring (bicyclic) bond motifs is 4. The smallest absolute Gasteiger partial charge is 0.144 e. The molecule has 0 heterocycles. The van der Waals surface area contributed by atoms with Gasteiger partial charge in [0, 0.05) is 4.90 Å². The first-order valence-corrected chi connectivity index (χ1v) is 13.1. The summed E-state index contributed by atoms with van der Waals surface area (Å²) < 4.78 is 13.3. The summed E-state index contributed by atoms with van der Waals surface area (Å²) in [4.78, 5) is -0.332. The molecule has 4 aliphatic carbocycles. The lowest BCUT2D eigenvalue weighted by molar-refractivity contribution is -0.00204. The van der Waals surface area contributed by atoms with E-state index in [1.165, 1.54) is 25.7 Å². The molecule has 0 bridgehead atoms. The molecular weight excluding hydrogens is 388 g/mol. The van der Waals surface area contributed by atoms with E-state index in [0.29, 0.717) is 24.2 Å². The van der Waals surface area contributed by atoms with Crippen molar-refractivity contribution in [3.63, 3.8) is 0 Å². The van der Waals surface area contributed by atoms with E-state index in [1.807, 2.05) is 30.3 Å². The standard InChI is InChI=1S/C27H36O2S/c1-4-19-11-13-23-22-12-10-20-18-27(28,30(29)21-8-6-5-7-9-21)17-16-26(20,3)24(22)14-15-25(19,23)2/h5-9,13,19-20,28H,4,10-12,14-18H2,1-3H3/t19-,20?,25+,26-,27?,30?/m0/s1. The molecular formula is C27H36O2S. The molecule has 0 saturated heterocycles. The fourth-order valence-corrected chi connectivity index (χ4v) is 8.93. The van der Waals surface area contributed by atoms with Crippen LogP contribution in [0, 0.1) is 22.7 Å². The van der Waals surface area contributed by atoms with Gasteiger partial charge in [0.1, 0.15) is 4.93 Å². The van der Waals surface area contributed by atoms with Gasteiger partial charge in [-0.2, -0.15) is 0 Å². The molecule has 6 atom stereocenters. The van der Waals surface area contributed by atoms with Gasteiger partial charge < -0.3 is 5.11 Å². The number of hydrogen-bond donors (Lipinski definition) is 1. The van der Waals surface area contributed by atoms with Gasteiger partial charge in [0.2, 0.25) is 0 Å². The Bertz CT molecular complexity index is 931. The summed E-state index contributed by atoms with van der Waals surface area (Å²) in [6.07, 6.45) is 12.1. The van der Waals surface area contributed by atoms with Gasteiger partial charge in [-0.25, -0.2) is 0 Å². The van der Waals surface area contributed by atoms with E-state index >= 15 is 0 Å². The molecule has 1 N–H and O–H groups in total. The number of allylic oxidation sites excluding steroid dienone is 4. The molecule has 162 valence electrons. The molecule has 3 heteroatoms. The molecule has 1 fully saturated rings. The zero-order valence-corrected chi connectivity index (χ0v) is 19.6. The SMILES string of the molecule is CC[C@H]1CC=C2C3=C(CC[C@@]21C)[C@@]1(C)CCC(O)(S(=O)c2ccccc2)CC1CC3. The maximum absolute atomic E-state index is 13.3. The highest BCUT2D eigenvalue weighted by Gasteiger charge is 2.55. The number of aliphatic hydroxyl groups is 1. The summed E-state index contributed by atoms with van der Waals surface area (Å²) in [6.45, 7) is 7.32. The first-order valence-electron chi connectivity index (χ1n) is 11.9. The van der Waals surface area contributed by atoms with Crippen molar-refractivity contribution in [3.8, 4) is 0 Å². The molecule has 0 aliphatic heterocycles. The highest BCUT2D eigenvalue weighted by molar-refractivity contribution is 7.86. The molecule has 1 aromatic rings. The molecule has 4 aliphatic rings. The van der Waals surface area contributed by atoms with Crippen molar-refractivity contribution >= 4 is 10.8 Å². The zero-order valence-electron chi connectivity index (χ0n) is 18.7. The van der Waals surface area contributed by atoms with Crippen molar-refractivity contribution < 1.29 is 9.32 Å². The molecule has 5 rings (SSSR count). The van der Waals surface area contributed by atoms with Gasteiger partial charge in [-0.3, -0.25) is 4.21 Å². The summed E-state index contributed by atoms with van der Waals surface area (Å²) in [5, 5.41) is 11.5. The highest BCUT2D eigenvalue weighted by Crippen LogP contribution is 2.64. The second-order valence-corrected chi connectivity index (χ2v) is 12.5. The van der Waals surface area contributed by atoms with Gasteiger partial charge in [-0.05, 0) is 97.3 Å². The molecule has 1 saturated carbocycles. The van der Waals surface area contributed by atoms with Gasteiger partial charge in [-0.1, -0.05) is 57.0 Å². The average Bonchev–Trinajstić information content (AvgIpc) is 3.11. The zero-order chi connectivity index (χ0) is 21.1. The van der Waals surface area contributed by atoms with Crippen molar-refractivity contribution in [2.75, 3.05) is 0 Å². The van der Waals surface area contributed by atoms with Crippen LogP contribution in [0.15, 0.2) is 58.0 Å². The minimum absolute atomic E-state index is 0.160. The lowest BCUT2D eigenvalue weighted by Crippen LogP contribution is -2.49. The molecule has 0 radical (unpaired) electrons. The monoisotopic (exact) mass is 424 g/mol. The van der Waals surface area contributed by atoms with Gasteiger partial charge in [0.15, 0.2) is 0 Å². The van der Waals surface area contributed by atoms with Crippen molar-refractivity contribution in [3.05, 3.63) is 53.1 Å². The Kier molecular flexibility index (Phi) is 4.95. The third kappa shape index (κ3) is 2.88. The largest absolute Gasteiger partial charge is 0.376 e. The topological polar surface area (TPSA) is 37.3 Å².